The Kier molecular flexibility index (Phi) is 10.2. The largest absolute Gasteiger partial charge is 0.463 e. The molecule has 1 aliphatic heterocycles. The molecular formula is C33H32N2O4S. The summed E-state index contributed by atoms with van der Waals surface area (Å²) in [5, 5.41) is 3.34. The summed E-state index contributed by atoms with van der Waals surface area (Å²) < 4.78 is 11.1. The number of hydrogen-bond acceptors (Lipinski definition) is 7. The van der Waals surface area contributed by atoms with Crippen molar-refractivity contribution in [1.82, 2.24) is 10.3 Å². The minimum atomic E-state index is -0.533. The van der Waals surface area contributed by atoms with Gasteiger partial charge in [-0.1, -0.05) is 54.3 Å². The normalized spacial score (nSPS) is 14.6. The molecule has 6 nitrogen and oxygen atoms in total. The molecule has 40 heavy (non-hydrogen) atoms. The quantitative estimate of drug-likeness (QED) is 0.204. The molecule has 3 aromatic rings. The lowest BCUT2D eigenvalue weighted by Gasteiger charge is -2.31. The first-order valence-electron chi connectivity index (χ1n) is 13.1. The lowest BCUT2D eigenvalue weighted by Crippen LogP contribution is -2.34. The van der Waals surface area contributed by atoms with E-state index in [9.17, 15) is 9.59 Å². The van der Waals surface area contributed by atoms with Crippen LogP contribution in [0.1, 0.15) is 37.0 Å². The molecule has 0 saturated carbocycles. The summed E-state index contributed by atoms with van der Waals surface area (Å²) in [7, 11) is 0. The topological polar surface area (TPSA) is 77.5 Å². The molecule has 0 radical (unpaired) electrons. The van der Waals surface area contributed by atoms with Crippen molar-refractivity contribution in [2.75, 3.05) is 19.5 Å². The highest BCUT2D eigenvalue weighted by atomic mass is 32.2. The van der Waals surface area contributed by atoms with Gasteiger partial charge < -0.3 is 14.8 Å². The first-order valence-corrected chi connectivity index (χ1v) is 14.4. The molecule has 0 fully saturated rings. The number of nitrogens with zero attached hydrogens (tertiary/aromatic N) is 1. The number of rotatable bonds is 9. The summed E-state index contributed by atoms with van der Waals surface area (Å²) in [5.41, 5.74) is 4.82. The van der Waals surface area contributed by atoms with Crippen LogP contribution in [-0.4, -0.2) is 36.4 Å². The fourth-order valence-corrected chi connectivity index (χ4v) is 5.04. The highest BCUT2D eigenvalue weighted by molar-refractivity contribution is 7.98. The molecule has 2 heterocycles. The first-order chi connectivity index (χ1) is 19.5. The van der Waals surface area contributed by atoms with Gasteiger partial charge in [-0.05, 0) is 68.3 Å². The number of pyridine rings is 1. The van der Waals surface area contributed by atoms with Crippen LogP contribution in [0.3, 0.4) is 0 Å². The van der Waals surface area contributed by atoms with Gasteiger partial charge >= 0.3 is 11.9 Å². The lowest BCUT2D eigenvalue weighted by atomic mass is 9.80. The van der Waals surface area contributed by atoms with Crippen molar-refractivity contribution in [3.8, 4) is 11.8 Å². The van der Waals surface area contributed by atoms with Gasteiger partial charge in [0.15, 0.2) is 6.61 Å². The van der Waals surface area contributed by atoms with E-state index in [0.717, 1.165) is 21.6 Å². The third kappa shape index (κ3) is 7.22. The van der Waals surface area contributed by atoms with Crippen LogP contribution in [0.2, 0.25) is 0 Å². The highest BCUT2D eigenvalue weighted by Crippen LogP contribution is 2.38. The summed E-state index contributed by atoms with van der Waals surface area (Å²) in [6.07, 6.45) is 6.53. The van der Waals surface area contributed by atoms with Crippen LogP contribution in [0.25, 0.3) is 5.70 Å². The molecule has 4 rings (SSSR count). The summed E-state index contributed by atoms with van der Waals surface area (Å²) in [4.78, 5) is 32.2. The Balaban J connectivity index is 1.69. The van der Waals surface area contributed by atoms with E-state index in [1.807, 2.05) is 73.8 Å². The van der Waals surface area contributed by atoms with Gasteiger partial charge in [-0.25, -0.2) is 9.59 Å². The second-order valence-electron chi connectivity index (χ2n) is 9.10. The maximum atomic E-state index is 13.5. The van der Waals surface area contributed by atoms with E-state index in [2.05, 4.69) is 22.1 Å². The predicted octanol–water partition coefficient (Wildman–Crippen LogP) is 5.80. The Bertz CT molecular complexity index is 1450. The van der Waals surface area contributed by atoms with Gasteiger partial charge in [-0.2, -0.15) is 0 Å². The van der Waals surface area contributed by atoms with Gasteiger partial charge in [-0.3, -0.25) is 4.98 Å². The summed E-state index contributed by atoms with van der Waals surface area (Å²) in [6.45, 7) is 3.75. The number of ether oxygens (including phenoxy) is 2. The van der Waals surface area contributed by atoms with Crippen molar-refractivity contribution in [2.24, 2.45) is 5.92 Å². The number of esters is 2. The molecule has 0 aliphatic carbocycles. The smallest absolute Gasteiger partial charge is 0.337 e. The zero-order valence-corrected chi connectivity index (χ0v) is 23.7. The average molecular weight is 553 g/mol. The van der Waals surface area contributed by atoms with Crippen molar-refractivity contribution >= 4 is 29.4 Å². The van der Waals surface area contributed by atoms with E-state index in [1.165, 1.54) is 0 Å². The van der Waals surface area contributed by atoms with Crippen molar-refractivity contribution in [3.63, 3.8) is 0 Å². The number of hydrogen-bond donors (Lipinski definition) is 1. The second kappa shape index (κ2) is 14.2. The van der Waals surface area contributed by atoms with Gasteiger partial charge in [-0.15, -0.1) is 11.8 Å². The Morgan fingerprint density at radius 3 is 2.40 bits per heavy atom. The number of dihydropyridines is 1. The Hall–Kier alpha value is -4.28. The van der Waals surface area contributed by atoms with E-state index >= 15 is 0 Å². The zero-order chi connectivity index (χ0) is 28.3. The third-order valence-electron chi connectivity index (χ3n) is 6.51. The molecule has 1 unspecified atom stereocenters. The third-order valence-corrected chi connectivity index (χ3v) is 7.25. The summed E-state index contributed by atoms with van der Waals surface area (Å²) >= 11 is 1.65. The van der Waals surface area contributed by atoms with E-state index in [1.54, 1.807) is 37.1 Å². The van der Waals surface area contributed by atoms with Gasteiger partial charge in [0, 0.05) is 34.5 Å². The van der Waals surface area contributed by atoms with Crippen molar-refractivity contribution in [2.45, 2.75) is 31.6 Å². The van der Waals surface area contributed by atoms with Crippen LogP contribution in [0.4, 0.5) is 0 Å². The summed E-state index contributed by atoms with van der Waals surface area (Å²) in [5.74, 6) is 4.33. The molecule has 2 aromatic carbocycles. The average Bonchev–Trinajstić information content (AvgIpc) is 2.99. The number of aryl methyl sites for hydroxylation is 1. The number of benzene rings is 2. The highest BCUT2D eigenvalue weighted by Gasteiger charge is 2.38. The van der Waals surface area contributed by atoms with Crippen LogP contribution in [0.5, 0.6) is 0 Å². The van der Waals surface area contributed by atoms with E-state index in [4.69, 9.17) is 9.47 Å². The van der Waals surface area contributed by atoms with E-state index in [-0.39, 0.29) is 13.2 Å². The van der Waals surface area contributed by atoms with Crippen molar-refractivity contribution in [1.29, 1.82) is 0 Å². The van der Waals surface area contributed by atoms with Crippen molar-refractivity contribution < 1.29 is 19.1 Å². The number of carbonyl (C=O) groups excluding carboxylic acids is 2. The Morgan fingerprint density at radius 1 is 0.975 bits per heavy atom. The van der Waals surface area contributed by atoms with E-state index < -0.39 is 17.9 Å². The number of nitrogens with one attached hydrogen (secondary N) is 1. The molecule has 1 atom stereocenters. The molecule has 1 N–H and O–H groups in total. The molecule has 0 saturated heterocycles. The number of aromatic nitrogens is 1. The lowest BCUT2D eigenvalue weighted by molar-refractivity contribution is -0.139. The van der Waals surface area contributed by atoms with Gasteiger partial charge in [0.25, 0.3) is 0 Å². The van der Waals surface area contributed by atoms with Gasteiger partial charge in [0.1, 0.15) is 0 Å². The van der Waals surface area contributed by atoms with Crippen LogP contribution in [-0.2, 0) is 25.5 Å². The molecule has 1 aromatic heterocycles. The maximum Gasteiger partial charge on any atom is 0.337 e. The van der Waals surface area contributed by atoms with Crippen LogP contribution < -0.4 is 5.32 Å². The Labute approximate surface area is 239 Å². The number of thioether (sulfide) groups is 1. The van der Waals surface area contributed by atoms with Crippen LogP contribution in [0, 0.1) is 17.8 Å². The van der Waals surface area contributed by atoms with Crippen LogP contribution >= 0.6 is 11.8 Å². The second-order valence-corrected chi connectivity index (χ2v) is 9.98. The summed E-state index contributed by atoms with van der Waals surface area (Å²) in [6, 6.07) is 21.6. The van der Waals surface area contributed by atoms with Crippen molar-refractivity contribution in [3.05, 3.63) is 113 Å². The molecule has 7 heteroatoms. The molecule has 204 valence electrons. The SMILES string of the molecule is CCOC(=O)C1=C(c2ccc(SC)cc2)NC(C)=C(C(=O)OCC#Cc2cccnc2)C1CCc1ccccc1. The molecule has 0 bridgehead atoms. The fraction of sp³-hybridized carbons (Fsp3) is 0.242. The minimum absolute atomic E-state index is 0.0859. The molecule has 0 amide bonds. The van der Waals surface area contributed by atoms with Gasteiger partial charge in [0.2, 0.25) is 0 Å². The number of allylic oxidation sites excluding steroid dienone is 1. The maximum absolute atomic E-state index is 13.5. The molecule has 1 aliphatic rings. The Morgan fingerprint density at radius 2 is 1.73 bits per heavy atom. The van der Waals surface area contributed by atoms with Gasteiger partial charge in [0.05, 0.1) is 23.5 Å². The fourth-order valence-electron chi connectivity index (χ4n) is 4.63. The predicted molar refractivity (Wildman–Crippen MR) is 158 cm³/mol. The number of carbonyl (C=O) groups is 2. The zero-order valence-electron chi connectivity index (χ0n) is 22.9. The monoisotopic (exact) mass is 552 g/mol. The van der Waals surface area contributed by atoms with E-state index in [0.29, 0.717) is 35.4 Å². The first kappa shape index (κ1) is 28.7. The molecule has 0 spiro atoms. The molecular weight excluding hydrogens is 520 g/mol. The standard InChI is InChI=1S/C33H32N2O4S/c1-4-38-33(37)30-28(19-14-24-10-6-5-7-11-24)29(32(36)39-21-9-13-25-12-8-20-34-22-25)23(2)35-31(30)26-15-17-27(40-3)18-16-26/h5-8,10-12,15-18,20,22,28,35H,4,14,19,21H2,1-3H3. The van der Waals surface area contributed by atoms with Crippen LogP contribution in [0.15, 0.2) is 101 Å². The minimum Gasteiger partial charge on any atom is -0.463 e.